The van der Waals surface area contributed by atoms with Crippen molar-refractivity contribution >= 4 is 23.0 Å². The van der Waals surface area contributed by atoms with Gasteiger partial charge in [0.05, 0.1) is 16.7 Å². The Morgan fingerprint density at radius 1 is 1.04 bits per heavy atom. The van der Waals surface area contributed by atoms with Crippen LogP contribution in [0.5, 0.6) is 0 Å². The van der Waals surface area contributed by atoms with Crippen LogP contribution in [0.25, 0.3) is 11.3 Å². The van der Waals surface area contributed by atoms with Gasteiger partial charge in [0.1, 0.15) is 5.82 Å². The van der Waals surface area contributed by atoms with Crippen LogP contribution in [0, 0.1) is 10.1 Å². The number of nitro benzene ring substituents is 1. The molecule has 134 valence electrons. The lowest BCUT2D eigenvalue weighted by molar-refractivity contribution is -0.384. The van der Waals surface area contributed by atoms with Gasteiger partial charge in [-0.05, 0) is 23.3 Å². The summed E-state index contributed by atoms with van der Waals surface area (Å²) in [6.07, 6.45) is 3.34. The minimum atomic E-state index is -0.513. The van der Waals surface area contributed by atoms with E-state index in [1.54, 1.807) is 24.5 Å². The van der Waals surface area contributed by atoms with Gasteiger partial charge in [0.25, 0.3) is 5.69 Å². The van der Waals surface area contributed by atoms with E-state index in [-0.39, 0.29) is 11.7 Å². The second kappa shape index (κ2) is 6.75. The summed E-state index contributed by atoms with van der Waals surface area (Å²) in [7, 11) is 0. The highest BCUT2D eigenvalue weighted by atomic mass is 16.6. The summed E-state index contributed by atoms with van der Waals surface area (Å²) in [4.78, 5) is 30.2. The topological polar surface area (TPSA) is 113 Å². The Bertz CT molecular complexity index is 1010. The number of amides is 2. The maximum Gasteiger partial charge on any atom is 0.320 e. The number of nitro groups is 1. The van der Waals surface area contributed by atoms with Gasteiger partial charge in [-0.25, -0.2) is 9.78 Å². The molecule has 3 N–H and O–H groups in total. The van der Waals surface area contributed by atoms with Crippen LogP contribution < -0.4 is 10.6 Å². The largest absolute Gasteiger partial charge is 0.345 e. The molecule has 8 heteroatoms. The number of hydrogen-bond donors (Lipinski definition) is 3. The maximum absolute atomic E-state index is 12.3. The van der Waals surface area contributed by atoms with Crippen LogP contribution in [-0.4, -0.2) is 20.9 Å². The number of rotatable bonds is 4. The Morgan fingerprint density at radius 2 is 1.78 bits per heavy atom. The van der Waals surface area contributed by atoms with Crippen LogP contribution in [-0.2, 0) is 0 Å². The third-order valence-corrected chi connectivity index (χ3v) is 4.33. The second-order valence-corrected chi connectivity index (χ2v) is 5.97. The number of nitrogens with zero attached hydrogens (tertiary/aromatic N) is 2. The molecule has 3 aromatic rings. The fourth-order valence-electron chi connectivity index (χ4n) is 3.10. The molecule has 2 heterocycles. The number of hydrogen-bond acceptors (Lipinski definition) is 4. The third-order valence-electron chi connectivity index (χ3n) is 4.33. The number of aromatic nitrogens is 2. The maximum atomic E-state index is 12.3. The monoisotopic (exact) mass is 361 g/mol. The Hall–Kier alpha value is -3.94. The van der Waals surface area contributed by atoms with Crippen molar-refractivity contribution in [2.24, 2.45) is 0 Å². The quantitative estimate of drug-likeness (QED) is 0.489. The Labute approximate surface area is 154 Å². The molecule has 4 rings (SSSR count). The molecule has 8 nitrogen and oxygen atoms in total. The molecule has 1 aliphatic rings. The molecule has 0 saturated heterocycles. The molecule has 27 heavy (non-hydrogen) atoms. The smallest absolute Gasteiger partial charge is 0.320 e. The molecule has 0 aliphatic carbocycles. The number of nitrogens with one attached hydrogen (secondary N) is 3. The van der Waals surface area contributed by atoms with E-state index in [0.717, 1.165) is 16.7 Å². The van der Waals surface area contributed by atoms with Crippen molar-refractivity contribution in [2.75, 3.05) is 0 Å². The molecule has 1 aliphatic heterocycles. The van der Waals surface area contributed by atoms with Gasteiger partial charge in [-0.3, -0.25) is 10.1 Å². The minimum Gasteiger partial charge on any atom is -0.345 e. The Kier molecular flexibility index (Phi) is 4.13. The van der Waals surface area contributed by atoms with Crippen LogP contribution in [0.15, 0.2) is 67.0 Å². The van der Waals surface area contributed by atoms with Crippen molar-refractivity contribution in [3.05, 3.63) is 94.1 Å². The lowest BCUT2D eigenvalue weighted by Crippen LogP contribution is -2.43. The first-order valence-corrected chi connectivity index (χ1v) is 8.24. The zero-order valence-electron chi connectivity index (χ0n) is 14.0. The fourth-order valence-corrected chi connectivity index (χ4v) is 3.10. The van der Waals surface area contributed by atoms with Gasteiger partial charge in [-0.2, -0.15) is 0 Å². The van der Waals surface area contributed by atoms with Gasteiger partial charge in [0.15, 0.2) is 0 Å². The first-order chi connectivity index (χ1) is 13.1. The number of carbonyl (C=O) groups excluding carboxylic acids is 1. The fraction of sp³-hybridized carbons (Fsp3) is 0.0526. The van der Waals surface area contributed by atoms with E-state index in [1.165, 1.54) is 12.1 Å². The molecule has 1 aromatic heterocycles. The first kappa shape index (κ1) is 16.5. The van der Waals surface area contributed by atoms with E-state index in [0.29, 0.717) is 11.5 Å². The standard InChI is InChI=1S/C19H15N5O3/c25-19-22-16(12-4-2-1-3-5-12)15(18-20-10-11-21-18)17(23-19)13-6-8-14(9-7-13)24(26)27/h1-11,17H,(H,20,21)(H2,22,23,25)/t17-/m1/s1. The van der Waals surface area contributed by atoms with E-state index in [2.05, 4.69) is 20.6 Å². The number of carbonyl (C=O) groups is 1. The van der Waals surface area contributed by atoms with Gasteiger partial charge in [0, 0.05) is 30.1 Å². The molecular formula is C19H15N5O3. The third kappa shape index (κ3) is 3.15. The van der Waals surface area contributed by atoms with E-state index in [1.807, 2.05) is 30.3 Å². The van der Waals surface area contributed by atoms with Gasteiger partial charge in [-0.15, -0.1) is 0 Å². The number of H-pyrrole nitrogens is 1. The van der Waals surface area contributed by atoms with Crippen molar-refractivity contribution < 1.29 is 9.72 Å². The van der Waals surface area contributed by atoms with E-state index >= 15 is 0 Å². The van der Waals surface area contributed by atoms with Crippen LogP contribution in [0.4, 0.5) is 10.5 Å². The zero-order valence-corrected chi connectivity index (χ0v) is 14.0. The summed E-state index contributed by atoms with van der Waals surface area (Å²) in [5, 5.41) is 16.7. The molecule has 0 unspecified atom stereocenters. The van der Waals surface area contributed by atoms with Crippen molar-refractivity contribution in [3.63, 3.8) is 0 Å². The van der Waals surface area contributed by atoms with E-state index in [4.69, 9.17) is 0 Å². The van der Waals surface area contributed by atoms with Crippen molar-refractivity contribution in [2.45, 2.75) is 6.04 Å². The van der Waals surface area contributed by atoms with Crippen molar-refractivity contribution in [1.82, 2.24) is 20.6 Å². The van der Waals surface area contributed by atoms with Crippen molar-refractivity contribution in [3.8, 4) is 0 Å². The molecule has 2 amide bonds. The Balaban J connectivity index is 1.88. The highest BCUT2D eigenvalue weighted by Crippen LogP contribution is 2.36. The SMILES string of the molecule is O=C1NC(c2ccccc2)=C(c2ncc[nH]2)[C@@H](c2ccc([N+](=O)[O-])cc2)N1. The molecular weight excluding hydrogens is 346 g/mol. The summed E-state index contributed by atoms with van der Waals surface area (Å²) >= 11 is 0. The number of non-ortho nitro benzene ring substituents is 1. The zero-order chi connectivity index (χ0) is 18.8. The summed E-state index contributed by atoms with van der Waals surface area (Å²) in [6, 6.07) is 14.7. The molecule has 0 fully saturated rings. The van der Waals surface area contributed by atoms with Gasteiger partial charge in [-0.1, -0.05) is 30.3 Å². The first-order valence-electron chi connectivity index (χ1n) is 8.24. The Morgan fingerprint density at radius 3 is 2.41 bits per heavy atom. The summed E-state index contributed by atoms with van der Waals surface area (Å²) < 4.78 is 0. The molecule has 0 spiro atoms. The summed E-state index contributed by atoms with van der Waals surface area (Å²) in [5.74, 6) is 0.602. The highest BCUT2D eigenvalue weighted by Gasteiger charge is 2.31. The number of urea groups is 1. The van der Waals surface area contributed by atoms with Gasteiger partial charge < -0.3 is 15.6 Å². The predicted molar refractivity (Wildman–Crippen MR) is 99.3 cm³/mol. The lowest BCUT2D eigenvalue weighted by atomic mass is 9.92. The second-order valence-electron chi connectivity index (χ2n) is 5.97. The van der Waals surface area contributed by atoms with Crippen molar-refractivity contribution in [1.29, 1.82) is 0 Å². The molecule has 2 aromatic carbocycles. The molecule has 0 saturated carbocycles. The average molecular weight is 361 g/mol. The predicted octanol–water partition coefficient (Wildman–Crippen LogP) is 3.24. The molecule has 0 bridgehead atoms. The van der Waals surface area contributed by atoms with Crippen LogP contribution in [0.1, 0.15) is 23.0 Å². The van der Waals surface area contributed by atoms with Crippen LogP contribution in [0.2, 0.25) is 0 Å². The average Bonchev–Trinajstić information content (AvgIpc) is 3.22. The van der Waals surface area contributed by atoms with Crippen LogP contribution in [0.3, 0.4) is 0 Å². The summed E-state index contributed by atoms with van der Waals surface area (Å²) in [6.45, 7) is 0. The number of benzene rings is 2. The van der Waals surface area contributed by atoms with E-state index in [9.17, 15) is 14.9 Å². The minimum absolute atomic E-state index is 0.00850. The number of imidazole rings is 1. The normalized spacial score (nSPS) is 16.6. The lowest BCUT2D eigenvalue weighted by Gasteiger charge is -2.29. The molecule has 0 radical (unpaired) electrons. The van der Waals surface area contributed by atoms with Gasteiger partial charge in [0.2, 0.25) is 0 Å². The highest BCUT2D eigenvalue weighted by molar-refractivity contribution is 6.01. The van der Waals surface area contributed by atoms with Gasteiger partial charge >= 0.3 is 6.03 Å². The molecule has 1 atom stereocenters. The van der Waals surface area contributed by atoms with E-state index < -0.39 is 11.0 Å². The summed E-state index contributed by atoms with van der Waals surface area (Å²) in [5.41, 5.74) is 2.93. The van der Waals surface area contributed by atoms with Crippen LogP contribution >= 0.6 is 0 Å². The number of aromatic amines is 1.